The number of ether oxygens (including phenoxy) is 1. The number of carbonyl (C=O) groups excluding carboxylic acids is 1. The van der Waals surface area contributed by atoms with Gasteiger partial charge in [-0.15, -0.1) is 0 Å². The molecular weight excluding hydrogens is 298 g/mol. The maximum Gasteiger partial charge on any atom is 0.162 e. The van der Waals surface area contributed by atoms with Crippen molar-refractivity contribution in [2.24, 2.45) is 0 Å². The molecule has 0 bridgehead atoms. The number of Topliss-reactive ketones (excluding diaryl/α,β-unsaturated/α-hetero) is 1. The van der Waals surface area contributed by atoms with Gasteiger partial charge in [0.25, 0.3) is 0 Å². The second-order valence-electron chi connectivity index (χ2n) is 6.46. The first kappa shape index (κ1) is 15.0. The average Bonchev–Trinajstić information content (AvgIpc) is 2.63. The number of fused-ring (bicyclic) bond motifs is 3. The summed E-state index contributed by atoms with van der Waals surface area (Å²) >= 11 is 0. The summed E-state index contributed by atoms with van der Waals surface area (Å²) in [5.41, 5.74) is 5.86. The molecule has 122 valence electrons. The smallest absolute Gasteiger partial charge is 0.162 e. The van der Waals surface area contributed by atoms with Gasteiger partial charge in [0.15, 0.2) is 5.78 Å². The zero-order valence-corrected chi connectivity index (χ0v) is 13.9. The Labute approximate surface area is 142 Å². The van der Waals surface area contributed by atoms with Crippen LogP contribution in [0, 0.1) is 0 Å². The van der Waals surface area contributed by atoms with Gasteiger partial charge >= 0.3 is 0 Å². The molecule has 0 amide bonds. The van der Waals surface area contributed by atoms with E-state index in [1.165, 1.54) is 22.5 Å². The number of rotatable bonds is 3. The fourth-order valence-electron chi connectivity index (χ4n) is 3.60. The number of carbonyl (C=O) groups is 1. The Kier molecular flexibility index (Phi) is 3.85. The fourth-order valence-corrected chi connectivity index (χ4v) is 3.60. The van der Waals surface area contributed by atoms with E-state index in [9.17, 15) is 4.79 Å². The van der Waals surface area contributed by atoms with Gasteiger partial charge in [0.1, 0.15) is 12.4 Å². The lowest BCUT2D eigenvalue weighted by molar-refractivity contribution is -0.115. The Hall–Kier alpha value is -2.55. The van der Waals surface area contributed by atoms with E-state index in [0.717, 1.165) is 30.7 Å². The van der Waals surface area contributed by atoms with Gasteiger partial charge in [-0.3, -0.25) is 4.79 Å². The Bertz CT molecular complexity index is 808. The molecule has 2 aromatic rings. The molecule has 0 aliphatic carbocycles. The predicted octanol–water partition coefficient (Wildman–Crippen LogP) is 4.27. The Morgan fingerprint density at radius 2 is 1.88 bits per heavy atom. The van der Waals surface area contributed by atoms with Crippen LogP contribution in [0.15, 0.2) is 59.8 Å². The van der Waals surface area contributed by atoms with E-state index in [0.29, 0.717) is 18.8 Å². The standard InChI is InChI=1S/C21H21NO2/c1-15-19-9-7-17-13-18(24-14-16-5-3-2-4-6-16)8-10-20(17)22(19)12-11-21(15)23/h2-6,8,10,13H,7,9,11-12,14H2,1H3. The summed E-state index contributed by atoms with van der Waals surface area (Å²) in [5.74, 6) is 1.21. The van der Waals surface area contributed by atoms with Gasteiger partial charge < -0.3 is 9.64 Å². The molecule has 3 heteroatoms. The molecule has 24 heavy (non-hydrogen) atoms. The van der Waals surface area contributed by atoms with Crippen molar-refractivity contribution in [2.45, 2.75) is 32.8 Å². The molecule has 0 fully saturated rings. The van der Waals surface area contributed by atoms with Gasteiger partial charge in [0.2, 0.25) is 0 Å². The van der Waals surface area contributed by atoms with Crippen molar-refractivity contribution < 1.29 is 9.53 Å². The Morgan fingerprint density at radius 1 is 1.04 bits per heavy atom. The van der Waals surface area contributed by atoms with Crippen LogP contribution < -0.4 is 9.64 Å². The van der Waals surface area contributed by atoms with Crippen molar-refractivity contribution in [3.63, 3.8) is 0 Å². The maximum atomic E-state index is 11.9. The highest BCUT2D eigenvalue weighted by atomic mass is 16.5. The first-order valence-electron chi connectivity index (χ1n) is 8.52. The van der Waals surface area contributed by atoms with Crippen molar-refractivity contribution in [3.05, 3.63) is 70.9 Å². The summed E-state index contributed by atoms with van der Waals surface area (Å²) in [6.07, 6.45) is 2.52. The van der Waals surface area contributed by atoms with Crippen molar-refractivity contribution in [3.8, 4) is 5.75 Å². The minimum atomic E-state index is 0.299. The number of hydrogen-bond acceptors (Lipinski definition) is 3. The molecule has 4 rings (SSSR count). The molecule has 2 aliphatic rings. The van der Waals surface area contributed by atoms with Crippen LogP contribution in [0.3, 0.4) is 0 Å². The van der Waals surface area contributed by atoms with Crippen LogP contribution >= 0.6 is 0 Å². The molecule has 0 atom stereocenters. The van der Waals surface area contributed by atoms with E-state index >= 15 is 0 Å². The predicted molar refractivity (Wildman–Crippen MR) is 95.2 cm³/mol. The normalized spacial score (nSPS) is 16.7. The molecule has 2 aromatic carbocycles. The number of allylic oxidation sites excluding steroid dienone is 2. The van der Waals surface area contributed by atoms with E-state index in [1.54, 1.807) is 0 Å². The summed E-state index contributed by atoms with van der Waals surface area (Å²) in [6, 6.07) is 16.5. The van der Waals surface area contributed by atoms with Gasteiger partial charge in [-0.05, 0) is 49.1 Å². The first-order chi connectivity index (χ1) is 11.7. The summed E-state index contributed by atoms with van der Waals surface area (Å²) in [4.78, 5) is 14.2. The number of aryl methyl sites for hydroxylation is 1. The van der Waals surface area contributed by atoms with Crippen molar-refractivity contribution in [2.75, 3.05) is 11.4 Å². The van der Waals surface area contributed by atoms with Crippen LogP contribution in [0.1, 0.15) is 30.9 Å². The SMILES string of the molecule is CC1=C2CCc3cc(OCc4ccccc4)ccc3N2CCC1=O. The number of hydrogen-bond donors (Lipinski definition) is 0. The molecule has 0 radical (unpaired) electrons. The second-order valence-corrected chi connectivity index (χ2v) is 6.46. The highest BCUT2D eigenvalue weighted by Gasteiger charge is 2.29. The largest absolute Gasteiger partial charge is 0.489 e. The number of ketones is 1. The van der Waals surface area contributed by atoms with Crippen LogP contribution in [0.4, 0.5) is 5.69 Å². The summed E-state index contributed by atoms with van der Waals surface area (Å²) < 4.78 is 5.95. The molecule has 3 nitrogen and oxygen atoms in total. The average molecular weight is 319 g/mol. The van der Waals surface area contributed by atoms with Gasteiger partial charge in [-0.2, -0.15) is 0 Å². The molecule has 2 aliphatic heterocycles. The minimum absolute atomic E-state index is 0.299. The van der Waals surface area contributed by atoms with E-state index in [4.69, 9.17) is 4.74 Å². The highest BCUT2D eigenvalue weighted by Crippen LogP contribution is 2.38. The zero-order valence-electron chi connectivity index (χ0n) is 13.9. The summed E-state index contributed by atoms with van der Waals surface area (Å²) in [7, 11) is 0. The third-order valence-corrected chi connectivity index (χ3v) is 4.96. The van der Waals surface area contributed by atoms with Crippen LogP contribution in [0.2, 0.25) is 0 Å². The van der Waals surface area contributed by atoms with E-state index in [1.807, 2.05) is 31.2 Å². The quantitative estimate of drug-likeness (QED) is 0.846. The zero-order chi connectivity index (χ0) is 16.5. The number of nitrogens with zero attached hydrogens (tertiary/aromatic N) is 1. The number of benzene rings is 2. The van der Waals surface area contributed by atoms with E-state index in [2.05, 4.69) is 29.2 Å². The van der Waals surface area contributed by atoms with Crippen LogP contribution in [-0.4, -0.2) is 12.3 Å². The molecule has 0 spiro atoms. The summed E-state index contributed by atoms with van der Waals surface area (Å²) in [6.45, 7) is 3.34. The topological polar surface area (TPSA) is 29.5 Å². The molecular formula is C21H21NO2. The van der Waals surface area contributed by atoms with Crippen LogP contribution in [0.25, 0.3) is 0 Å². The third kappa shape index (κ3) is 2.71. The van der Waals surface area contributed by atoms with Gasteiger partial charge in [0, 0.05) is 29.9 Å². The Balaban J connectivity index is 1.56. The highest BCUT2D eigenvalue weighted by molar-refractivity contribution is 5.98. The van der Waals surface area contributed by atoms with Crippen molar-refractivity contribution in [1.82, 2.24) is 0 Å². The monoisotopic (exact) mass is 319 g/mol. The lowest BCUT2D eigenvalue weighted by Gasteiger charge is -2.37. The molecule has 0 aromatic heterocycles. The molecule has 0 saturated heterocycles. The lowest BCUT2D eigenvalue weighted by atomic mass is 9.91. The van der Waals surface area contributed by atoms with Gasteiger partial charge in [-0.25, -0.2) is 0 Å². The van der Waals surface area contributed by atoms with Gasteiger partial charge in [-0.1, -0.05) is 30.3 Å². The third-order valence-electron chi connectivity index (χ3n) is 4.96. The molecule has 0 unspecified atom stereocenters. The lowest BCUT2D eigenvalue weighted by Crippen LogP contribution is -2.35. The second kappa shape index (κ2) is 6.16. The number of anilines is 1. The molecule has 0 saturated carbocycles. The van der Waals surface area contributed by atoms with E-state index in [-0.39, 0.29) is 0 Å². The van der Waals surface area contributed by atoms with Crippen molar-refractivity contribution in [1.29, 1.82) is 0 Å². The van der Waals surface area contributed by atoms with Gasteiger partial charge in [0.05, 0.1) is 0 Å². The van der Waals surface area contributed by atoms with Crippen LogP contribution in [0.5, 0.6) is 5.75 Å². The summed E-state index contributed by atoms with van der Waals surface area (Å²) in [5, 5.41) is 0. The van der Waals surface area contributed by atoms with Crippen molar-refractivity contribution >= 4 is 11.5 Å². The first-order valence-corrected chi connectivity index (χ1v) is 8.52. The molecule has 2 heterocycles. The maximum absolute atomic E-state index is 11.9. The van der Waals surface area contributed by atoms with E-state index < -0.39 is 0 Å². The van der Waals surface area contributed by atoms with Crippen LogP contribution in [-0.2, 0) is 17.8 Å². The Morgan fingerprint density at radius 3 is 2.71 bits per heavy atom. The molecule has 0 N–H and O–H groups in total. The minimum Gasteiger partial charge on any atom is -0.489 e. The fraction of sp³-hybridized carbons (Fsp3) is 0.286.